The monoisotopic (exact) mass is 399 g/mol. The van der Waals surface area contributed by atoms with Crippen LogP contribution in [0.3, 0.4) is 0 Å². The Kier molecular flexibility index (Phi) is 4.88. The van der Waals surface area contributed by atoms with Crippen molar-refractivity contribution in [3.05, 3.63) is 60.0 Å². The van der Waals surface area contributed by atoms with E-state index in [-0.39, 0.29) is 11.4 Å². The Morgan fingerprint density at radius 2 is 2.04 bits per heavy atom. The predicted molar refractivity (Wildman–Crippen MR) is 105 cm³/mol. The van der Waals surface area contributed by atoms with Gasteiger partial charge in [0.15, 0.2) is 0 Å². The third-order valence-electron chi connectivity index (χ3n) is 4.77. The molecule has 3 heterocycles. The van der Waals surface area contributed by atoms with Gasteiger partial charge in [-0.15, -0.1) is 0 Å². The van der Waals surface area contributed by atoms with Gasteiger partial charge in [-0.05, 0) is 36.8 Å². The molecule has 1 aromatic carbocycles. The largest absolute Gasteiger partial charge is 0.384 e. The zero-order valence-corrected chi connectivity index (χ0v) is 16.2. The zero-order chi connectivity index (χ0) is 19.7. The lowest BCUT2D eigenvalue weighted by atomic mass is 10.0. The van der Waals surface area contributed by atoms with Gasteiger partial charge in [0.05, 0.1) is 23.4 Å². The van der Waals surface area contributed by atoms with Gasteiger partial charge in [0.2, 0.25) is 10.0 Å². The molecule has 28 heavy (non-hydrogen) atoms. The van der Waals surface area contributed by atoms with E-state index in [0.29, 0.717) is 19.0 Å². The van der Waals surface area contributed by atoms with Crippen LogP contribution >= 0.6 is 0 Å². The number of nitrogens with zero attached hydrogens (tertiary/aromatic N) is 3. The number of pyridine rings is 1. The van der Waals surface area contributed by atoms with Crippen molar-refractivity contribution in [1.29, 1.82) is 0 Å². The molecule has 2 aromatic heterocycles. The van der Waals surface area contributed by atoms with E-state index < -0.39 is 16.1 Å². The van der Waals surface area contributed by atoms with Gasteiger partial charge in [-0.25, -0.2) is 13.4 Å². The summed E-state index contributed by atoms with van der Waals surface area (Å²) in [6.45, 7) is 2.73. The van der Waals surface area contributed by atoms with Crippen LogP contribution in [0.25, 0.3) is 11.1 Å². The quantitative estimate of drug-likeness (QED) is 0.695. The third kappa shape index (κ3) is 3.51. The fourth-order valence-corrected chi connectivity index (χ4v) is 4.69. The average molecular weight is 399 g/mol. The van der Waals surface area contributed by atoms with Crippen molar-refractivity contribution >= 4 is 15.8 Å². The minimum Gasteiger partial charge on any atom is -0.384 e. The summed E-state index contributed by atoms with van der Waals surface area (Å²) in [5.74, 6) is 0.401. The smallest absolute Gasteiger partial charge is 0.243 e. The summed E-state index contributed by atoms with van der Waals surface area (Å²) in [6, 6.07) is 10.4. The topological polar surface area (TPSA) is 114 Å². The Hall–Kier alpha value is -2.75. The minimum atomic E-state index is -3.60. The third-order valence-corrected chi connectivity index (χ3v) is 6.65. The lowest BCUT2D eigenvalue weighted by Crippen LogP contribution is -2.42. The normalized spacial score (nSPS) is 18.2. The first-order valence-corrected chi connectivity index (χ1v) is 10.3. The summed E-state index contributed by atoms with van der Waals surface area (Å²) < 4.78 is 33.4. The second kappa shape index (κ2) is 7.34. The van der Waals surface area contributed by atoms with Gasteiger partial charge in [0, 0.05) is 24.8 Å². The number of sulfonamides is 1. The predicted octanol–water partition coefficient (Wildman–Crippen LogP) is 2.12. The van der Waals surface area contributed by atoms with Gasteiger partial charge >= 0.3 is 0 Å². The molecule has 0 spiro atoms. The lowest BCUT2D eigenvalue weighted by Gasteiger charge is -2.32. The van der Waals surface area contributed by atoms with E-state index in [0.717, 1.165) is 22.4 Å². The molecule has 8 nitrogen and oxygen atoms in total. The number of H-pyrrole nitrogens is 1. The number of nitrogen functional groups attached to an aromatic ring is 1. The Bertz CT molecular complexity index is 1080. The van der Waals surface area contributed by atoms with Crippen LogP contribution in [0.1, 0.15) is 17.4 Å². The maximum absolute atomic E-state index is 13.0. The van der Waals surface area contributed by atoms with Gasteiger partial charge in [0.1, 0.15) is 11.9 Å². The lowest BCUT2D eigenvalue weighted by molar-refractivity contribution is -0.00465. The molecule has 9 heteroatoms. The van der Waals surface area contributed by atoms with Crippen LogP contribution in [-0.4, -0.2) is 47.6 Å². The number of rotatable bonds is 4. The van der Waals surface area contributed by atoms with Crippen molar-refractivity contribution < 1.29 is 13.2 Å². The first kappa shape index (κ1) is 18.6. The number of hydrogen-bond donors (Lipinski definition) is 2. The van der Waals surface area contributed by atoms with Crippen LogP contribution in [0.4, 0.5) is 5.82 Å². The molecule has 0 radical (unpaired) electrons. The molecule has 1 aliphatic heterocycles. The van der Waals surface area contributed by atoms with Crippen LogP contribution in [-0.2, 0) is 14.8 Å². The Balaban J connectivity index is 1.62. The number of anilines is 1. The van der Waals surface area contributed by atoms with E-state index in [4.69, 9.17) is 10.5 Å². The van der Waals surface area contributed by atoms with E-state index >= 15 is 0 Å². The number of benzene rings is 1. The van der Waals surface area contributed by atoms with E-state index in [9.17, 15) is 8.42 Å². The molecular formula is C19H21N5O3S. The van der Waals surface area contributed by atoms with Gasteiger partial charge in [-0.1, -0.05) is 17.7 Å². The van der Waals surface area contributed by atoms with Gasteiger partial charge in [0.25, 0.3) is 0 Å². The van der Waals surface area contributed by atoms with Crippen LogP contribution in [0.15, 0.2) is 53.7 Å². The molecule has 1 fully saturated rings. The second-order valence-electron chi connectivity index (χ2n) is 6.70. The Morgan fingerprint density at radius 3 is 2.79 bits per heavy atom. The fraction of sp³-hybridized carbons (Fsp3) is 0.263. The number of aromatic nitrogens is 3. The molecule has 3 aromatic rings. The van der Waals surface area contributed by atoms with Gasteiger partial charge in [-0.2, -0.15) is 9.40 Å². The Morgan fingerprint density at radius 1 is 1.25 bits per heavy atom. The molecule has 0 unspecified atom stereocenters. The number of aryl methyl sites for hydroxylation is 1. The number of ether oxygens (including phenoxy) is 1. The molecule has 0 bridgehead atoms. The van der Waals surface area contributed by atoms with Crippen molar-refractivity contribution in [1.82, 2.24) is 19.5 Å². The van der Waals surface area contributed by atoms with E-state index in [1.165, 1.54) is 4.31 Å². The standard InChI is InChI=1S/C19H21N5O3S/c1-13-2-4-15(5-3-13)28(25,26)24-8-9-27-17(12-24)19-16(11-22-23-19)14-6-7-21-18(20)10-14/h2-7,10-11,17H,8-9,12H2,1H3,(H2,20,21)(H,22,23)/t17-/m0/s1. The highest BCUT2D eigenvalue weighted by Crippen LogP contribution is 2.32. The van der Waals surface area contributed by atoms with E-state index in [1.54, 1.807) is 42.7 Å². The number of hydrogen-bond acceptors (Lipinski definition) is 6. The van der Waals surface area contributed by atoms with Crippen LogP contribution in [0.2, 0.25) is 0 Å². The molecule has 146 valence electrons. The molecule has 1 saturated heterocycles. The van der Waals surface area contributed by atoms with Crippen LogP contribution < -0.4 is 5.73 Å². The highest BCUT2D eigenvalue weighted by Gasteiger charge is 2.33. The summed E-state index contributed by atoms with van der Waals surface area (Å²) in [7, 11) is -3.60. The first-order valence-electron chi connectivity index (χ1n) is 8.89. The Labute approximate surface area is 163 Å². The number of morpholine rings is 1. The zero-order valence-electron chi connectivity index (χ0n) is 15.4. The van der Waals surface area contributed by atoms with Crippen molar-refractivity contribution in [2.24, 2.45) is 0 Å². The SMILES string of the molecule is Cc1ccc(S(=O)(=O)N2CCO[C@H](c3[nH]ncc3-c3ccnc(N)c3)C2)cc1. The van der Waals surface area contributed by atoms with Crippen LogP contribution in [0, 0.1) is 6.92 Å². The summed E-state index contributed by atoms with van der Waals surface area (Å²) in [6.07, 6.45) is 2.85. The maximum Gasteiger partial charge on any atom is 0.243 e. The second-order valence-corrected chi connectivity index (χ2v) is 8.64. The number of nitrogens with one attached hydrogen (secondary N) is 1. The number of aromatic amines is 1. The van der Waals surface area contributed by atoms with E-state index in [2.05, 4.69) is 15.2 Å². The first-order chi connectivity index (χ1) is 13.4. The van der Waals surface area contributed by atoms with Gasteiger partial charge in [-0.3, -0.25) is 5.10 Å². The van der Waals surface area contributed by atoms with Gasteiger partial charge < -0.3 is 10.5 Å². The van der Waals surface area contributed by atoms with Crippen molar-refractivity contribution in [2.45, 2.75) is 17.9 Å². The average Bonchev–Trinajstić information content (AvgIpc) is 3.18. The highest BCUT2D eigenvalue weighted by molar-refractivity contribution is 7.89. The maximum atomic E-state index is 13.0. The minimum absolute atomic E-state index is 0.200. The molecular weight excluding hydrogens is 378 g/mol. The van der Waals surface area contributed by atoms with Crippen molar-refractivity contribution in [3.63, 3.8) is 0 Å². The molecule has 4 rings (SSSR count). The summed E-state index contributed by atoms with van der Waals surface area (Å²) >= 11 is 0. The molecule has 1 atom stereocenters. The fourth-order valence-electron chi connectivity index (χ4n) is 3.27. The summed E-state index contributed by atoms with van der Waals surface area (Å²) in [5, 5.41) is 7.08. The molecule has 3 N–H and O–H groups in total. The summed E-state index contributed by atoms with van der Waals surface area (Å²) in [4.78, 5) is 4.29. The van der Waals surface area contributed by atoms with Crippen molar-refractivity contribution in [2.75, 3.05) is 25.4 Å². The molecule has 0 amide bonds. The highest BCUT2D eigenvalue weighted by atomic mass is 32.2. The molecule has 0 aliphatic carbocycles. The molecule has 1 aliphatic rings. The van der Waals surface area contributed by atoms with Crippen LogP contribution in [0.5, 0.6) is 0 Å². The van der Waals surface area contributed by atoms with E-state index in [1.807, 2.05) is 13.0 Å². The summed E-state index contributed by atoms with van der Waals surface area (Å²) in [5.41, 5.74) is 9.17. The number of nitrogens with two attached hydrogens (primary N) is 1. The van der Waals surface area contributed by atoms with Crippen molar-refractivity contribution in [3.8, 4) is 11.1 Å². The molecule has 0 saturated carbocycles.